The molecule has 0 spiro atoms. The molecule has 2 rings (SSSR count). The lowest BCUT2D eigenvalue weighted by molar-refractivity contribution is -0.126. The van der Waals surface area contributed by atoms with Crippen LogP contribution in [0, 0.1) is 0 Å². The van der Waals surface area contributed by atoms with Crippen molar-refractivity contribution in [3.8, 4) is 0 Å². The van der Waals surface area contributed by atoms with Gasteiger partial charge in [0.2, 0.25) is 5.91 Å². The second kappa shape index (κ2) is 7.46. The third kappa shape index (κ3) is 4.36. The van der Waals surface area contributed by atoms with Crippen LogP contribution in [0.1, 0.15) is 24.8 Å². The van der Waals surface area contributed by atoms with E-state index < -0.39 is 0 Å². The normalized spacial score (nSPS) is 19.8. The van der Waals surface area contributed by atoms with Crippen LogP contribution in [0.3, 0.4) is 0 Å². The molecule has 1 N–H and O–H groups in total. The van der Waals surface area contributed by atoms with E-state index in [1.165, 1.54) is 0 Å². The molecule has 108 valence electrons. The Balaban J connectivity index is 1.94. The standard InChI is InChI=1S/C16H21ClN2O/c1-19(15-3-2-11-18-12-10-15)16(20)9-6-13-4-7-14(17)8-5-13/h4-9,15,18H,2-3,10-12H2,1H3/b9-6+. The molecule has 0 radical (unpaired) electrons. The molecule has 0 aliphatic carbocycles. The lowest BCUT2D eigenvalue weighted by Gasteiger charge is -2.25. The monoisotopic (exact) mass is 292 g/mol. The molecular formula is C16H21ClN2O. The number of carbonyl (C=O) groups excluding carboxylic acids is 1. The minimum Gasteiger partial charge on any atom is -0.339 e. The number of hydrogen-bond donors (Lipinski definition) is 1. The van der Waals surface area contributed by atoms with Crippen molar-refractivity contribution in [3.63, 3.8) is 0 Å². The summed E-state index contributed by atoms with van der Waals surface area (Å²) in [6.45, 7) is 2.04. The van der Waals surface area contributed by atoms with Gasteiger partial charge in [0.15, 0.2) is 0 Å². The predicted octanol–water partition coefficient (Wildman–Crippen LogP) is 2.95. The number of likely N-dealkylation sites (N-methyl/N-ethyl adjacent to an activating group) is 1. The molecular weight excluding hydrogens is 272 g/mol. The van der Waals surface area contributed by atoms with E-state index in [0.29, 0.717) is 11.1 Å². The van der Waals surface area contributed by atoms with Crippen molar-refractivity contribution in [2.75, 3.05) is 20.1 Å². The molecule has 20 heavy (non-hydrogen) atoms. The average Bonchev–Trinajstić information content (AvgIpc) is 2.74. The quantitative estimate of drug-likeness (QED) is 0.869. The molecule has 3 nitrogen and oxygen atoms in total. The Bertz CT molecular complexity index is 462. The van der Waals surface area contributed by atoms with Gasteiger partial charge in [0.25, 0.3) is 0 Å². The highest BCUT2D eigenvalue weighted by atomic mass is 35.5. The van der Waals surface area contributed by atoms with Crippen LogP contribution in [0.25, 0.3) is 6.08 Å². The zero-order chi connectivity index (χ0) is 14.4. The molecule has 0 saturated carbocycles. The molecule has 1 saturated heterocycles. The second-order valence-corrected chi connectivity index (χ2v) is 5.61. The molecule has 1 heterocycles. The van der Waals surface area contributed by atoms with E-state index in [0.717, 1.165) is 37.9 Å². The van der Waals surface area contributed by atoms with Gasteiger partial charge >= 0.3 is 0 Å². The number of amides is 1. The van der Waals surface area contributed by atoms with Crippen LogP contribution in [0.2, 0.25) is 5.02 Å². The van der Waals surface area contributed by atoms with Gasteiger partial charge in [0.05, 0.1) is 0 Å². The second-order valence-electron chi connectivity index (χ2n) is 5.17. The minimum atomic E-state index is 0.0619. The maximum absolute atomic E-state index is 12.2. The average molecular weight is 293 g/mol. The Morgan fingerprint density at radius 2 is 2.05 bits per heavy atom. The van der Waals surface area contributed by atoms with E-state index in [4.69, 9.17) is 11.6 Å². The molecule has 1 aromatic carbocycles. The topological polar surface area (TPSA) is 32.3 Å². The number of halogens is 1. The fourth-order valence-electron chi connectivity index (χ4n) is 2.43. The Hall–Kier alpha value is -1.32. The highest BCUT2D eigenvalue weighted by Gasteiger charge is 2.19. The maximum Gasteiger partial charge on any atom is 0.246 e. The summed E-state index contributed by atoms with van der Waals surface area (Å²) in [5.74, 6) is 0.0619. The van der Waals surface area contributed by atoms with E-state index in [1.54, 1.807) is 6.08 Å². The summed E-state index contributed by atoms with van der Waals surface area (Å²) in [5, 5.41) is 4.07. The Morgan fingerprint density at radius 3 is 2.80 bits per heavy atom. The van der Waals surface area contributed by atoms with E-state index >= 15 is 0 Å². The van der Waals surface area contributed by atoms with Crippen LogP contribution < -0.4 is 5.32 Å². The molecule has 1 aliphatic rings. The summed E-state index contributed by atoms with van der Waals surface area (Å²) in [5.41, 5.74) is 0.985. The number of hydrogen-bond acceptors (Lipinski definition) is 2. The molecule has 0 aromatic heterocycles. The Kier molecular flexibility index (Phi) is 5.62. The maximum atomic E-state index is 12.2. The van der Waals surface area contributed by atoms with E-state index in [2.05, 4.69) is 5.32 Å². The molecule has 1 aromatic rings. The third-order valence-electron chi connectivity index (χ3n) is 3.73. The molecule has 1 amide bonds. The summed E-state index contributed by atoms with van der Waals surface area (Å²) >= 11 is 5.84. The van der Waals surface area contributed by atoms with Crippen LogP contribution in [-0.4, -0.2) is 37.0 Å². The lowest BCUT2D eigenvalue weighted by atomic mass is 10.1. The summed E-state index contributed by atoms with van der Waals surface area (Å²) < 4.78 is 0. The van der Waals surface area contributed by atoms with Crippen molar-refractivity contribution in [2.24, 2.45) is 0 Å². The van der Waals surface area contributed by atoms with Gasteiger partial charge in [-0.2, -0.15) is 0 Å². The van der Waals surface area contributed by atoms with Crippen molar-refractivity contribution < 1.29 is 4.79 Å². The largest absolute Gasteiger partial charge is 0.339 e. The van der Waals surface area contributed by atoms with Crippen molar-refractivity contribution in [1.29, 1.82) is 0 Å². The van der Waals surface area contributed by atoms with Crippen LogP contribution in [0.4, 0.5) is 0 Å². The number of rotatable bonds is 3. The van der Waals surface area contributed by atoms with Gasteiger partial charge in [-0.25, -0.2) is 0 Å². The summed E-state index contributed by atoms with van der Waals surface area (Å²) in [4.78, 5) is 14.0. The zero-order valence-electron chi connectivity index (χ0n) is 11.8. The van der Waals surface area contributed by atoms with E-state index in [-0.39, 0.29) is 5.91 Å². The van der Waals surface area contributed by atoms with Gasteiger partial charge in [0, 0.05) is 24.2 Å². The summed E-state index contributed by atoms with van der Waals surface area (Å²) in [6.07, 6.45) is 6.70. The van der Waals surface area contributed by atoms with Gasteiger partial charge in [-0.05, 0) is 56.1 Å². The Morgan fingerprint density at radius 1 is 1.30 bits per heavy atom. The molecule has 1 atom stereocenters. The van der Waals surface area contributed by atoms with Gasteiger partial charge in [0.1, 0.15) is 0 Å². The van der Waals surface area contributed by atoms with Crippen molar-refractivity contribution >= 4 is 23.6 Å². The SMILES string of the molecule is CN(C(=O)/C=C/c1ccc(Cl)cc1)C1CCCNCC1. The van der Waals surface area contributed by atoms with Gasteiger partial charge < -0.3 is 10.2 Å². The number of nitrogens with zero attached hydrogens (tertiary/aromatic N) is 1. The third-order valence-corrected chi connectivity index (χ3v) is 3.98. The van der Waals surface area contributed by atoms with Crippen molar-refractivity contribution in [2.45, 2.75) is 25.3 Å². The molecule has 1 fully saturated rings. The smallest absolute Gasteiger partial charge is 0.246 e. The highest BCUT2D eigenvalue weighted by molar-refractivity contribution is 6.30. The van der Waals surface area contributed by atoms with Gasteiger partial charge in [-0.3, -0.25) is 4.79 Å². The van der Waals surface area contributed by atoms with Crippen LogP contribution in [0.15, 0.2) is 30.3 Å². The first-order valence-electron chi connectivity index (χ1n) is 7.08. The van der Waals surface area contributed by atoms with Crippen LogP contribution >= 0.6 is 11.6 Å². The van der Waals surface area contributed by atoms with E-state index in [9.17, 15) is 4.79 Å². The first-order valence-corrected chi connectivity index (χ1v) is 7.46. The molecule has 1 unspecified atom stereocenters. The Labute approximate surface area is 125 Å². The lowest BCUT2D eigenvalue weighted by Crippen LogP contribution is -2.36. The zero-order valence-corrected chi connectivity index (χ0v) is 12.6. The predicted molar refractivity (Wildman–Crippen MR) is 83.8 cm³/mol. The minimum absolute atomic E-state index is 0.0619. The fourth-order valence-corrected chi connectivity index (χ4v) is 2.55. The first-order chi connectivity index (χ1) is 9.66. The number of nitrogens with one attached hydrogen (secondary N) is 1. The fraction of sp³-hybridized carbons (Fsp3) is 0.438. The van der Waals surface area contributed by atoms with Crippen LogP contribution in [-0.2, 0) is 4.79 Å². The van der Waals surface area contributed by atoms with Gasteiger partial charge in [-0.15, -0.1) is 0 Å². The molecule has 1 aliphatic heterocycles. The summed E-state index contributed by atoms with van der Waals surface area (Å²) in [6, 6.07) is 7.80. The molecule has 4 heteroatoms. The van der Waals surface area contributed by atoms with Crippen molar-refractivity contribution in [3.05, 3.63) is 40.9 Å². The van der Waals surface area contributed by atoms with Crippen LogP contribution in [0.5, 0.6) is 0 Å². The van der Waals surface area contributed by atoms with Crippen molar-refractivity contribution in [1.82, 2.24) is 10.2 Å². The number of carbonyl (C=O) groups is 1. The number of benzene rings is 1. The highest BCUT2D eigenvalue weighted by Crippen LogP contribution is 2.14. The van der Waals surface area contributed by atoms with E-state index in [1.807, 2.05) is 42.3 Å². The van der Waals surface area contributed by atoms with Gasteiger partial charge in [-0.1, -0.05) is 23.7 Å². The first kappa shape index (κ1) is 15.1. The molecule has 0 bridgehead atoms. The summed E-state index contributed by atoms with van der Waals surface area (Å²) in [7, 11) is 1.89.